The predicted molar refractivity (Wildman–Crippen MR) is 88.9 cm³/mol. The van der Waals surface area contributed by atoms with Crippen LogP contribution in [0.4, 0.5) is 0 Å². The SMILES string of the molecule is COc1ccc(CC(C)(N)Cc2ccc(C)c(C)c2)cc1. The van der Waals surface area contributed by atoms with Crippen LogP contribution in [0.15, 0.2) is 42.5 Å². The number of hydrogen-bond acceptors (Lipinski definition) is 2. The molecule has 2 aromatic rings. The normalized spacial score (nSPS) is 13.8. The number of methoxy groups -OCH3 is 1. The van der Waals surface area contributed by atoms with Gasteiger partial charge in [0.05, 0.1) is 7.11 Å². The number of hydrogen-bond donors (Lipinski definition) is 1. The topological polar surface area (TPSA) is 35.2 Å². The minimum Gasteiger partial charge on any atom is -0.497 e. The second-order valence-electron chi connectivity index (χ2n) is 6.27. The molecule has 0 heterocycles. The van der Waals surface area contributed by atoms with Gasteiger partial charge in [-0.3, -0.25) is 0 Å². The van der Waals surface area contributed by atoms with Gasteiger partial charge in [-0.15, -0.1) is 0 Å². The van der Waals surface area contributed by atoms with Gasteiger partial charge in [0.1, 0.15) is 5.75 Å². The Balaban J connectivity index is 2.07. The summed E-state index contributed by atoms with van der Waals surface area (Å²) in [5.41, 5.74) is 11.5. The average molecular weight is 283 g/mol. The molecule has 0 aliphatic rings. The van der Waals surface area contributed by atoms with E-state index in [1.165, 1.54) is 22.3 Å². The van der Waals surface area contributed by atoms with Gasteiger partial charge >= 0.3 is 0 Å². The molecule has 112 valence electrons. The quantitative estimate of drug-likeness (QED) is 0.905. The first-order valence-corrected chi connectivity index (χ1v) is 7.37. The summed E-state index contributed by atoms with van der Waals surface area (Å²) < 4.78 is 5.19. The van der Waals surface area contributed by atoms with Crippen LogP contribution in [0.2, 0.25) is 0 Å². The van der Waals surface area contributed by atoms with E-state index in [-0.39, 0.29) is 5.54 Å². The minimum atomic E-state index is -0.254. The molecule has 0 fully saturated rings. The van der Waals surface area contributed by atoms with Crippen molar-refractivity contribution in [1.82, 2.24) is 0 Å². The molecule has 0 bridgehead atoms. The van der Waals surface area contributed by atoms with E-state index in [2.05, 4.69) is 51.1 Å². The largest absolute Gasteiger partial charge is 0.497 e. The third-order valence-electron chi connectivity index (χ3n) is 3.95. The number of aryl methyl sites for hydroxylation is 2. The molecule has 0 spiro atoms. The first-order chi connectivity index (χ1) is 9.89. The van der Waals surface area contributed by atoms with E-state index in [4.69, 9.17) is 10.5 Å². The van der Waals surface area contributed by atoms with Gasteiger partial charge in [0, 0.05) is 5.54 Å². The molecule has 2 N–H and O–H groups in total. The number of nitrogens with two attached hydrogens (primary N) is 1. The van der Waals surface area contributed by atoms with Crippen LogP contribution in [-0.2, 0) is 12.8 Å². The van der Waals surface area contributed by atoms with Crippen LogP contribution in [0, 0.1) is 13.8 Å². The summed E-state index contributed by atoms with van der Waals surface area (Å²) >= 11 is 0. The fraction of sp³-hybridized carbons (Fsp3) is 0.368. The van der Waals surface area contributed by atoms with E-state index in [1.54, 1.807) is 7.11 Å². The van der Waals surface area contributed by atoms with E-state index < -0.39 is 0 Å². The molecular weight excluding hydrogens is 258 g/mol. The summed E-state index contributed by atoms with van der Waals surface area (Å²) in [6, 6.07) is 14.8. The minimum absolute atomic E-state index is 0.254. The summed E-state index contributed by atoms with van der Waals surface area (Å²) in [6.07, 6.45) is 1.73. The van der Waals surface area contributed by atoms with Gasteiger partial charge in [-0.25, -0.2) is 0 Å². The van der Waals surface area contributed by atoms with Crippen LogP contribution < -0.4 is 10.5 Å². The Bertz CT molecular complexity index is 599. The summed E-state index contributed by atoms with van der Waals surface area (Å²) in [6.45, 7) is 6.40. The zero-order chi connectivity index (χ0) is 15.5. The second kappa shape index (κ2) is 6.31. The third-order valence-corrected chi connectivity index (χ3v) is 3.95. The highest BCUT2D eigenvalue weighted by Crippen LogP contribution is 2.20. The van der Waals surface area contributed by atoms with Crippen molar-refractivity contribution >= 4 is 0 Å². The smallest absolute Gasteiger partial charge is 0.118 e. The lowest BCUT2D eigenvalue weighted by atomic mass is 9.87. The first-order valence-electron chi connectivity index (χ1n) is 7.37. The standard InChI is InChI=1S/C19H25NO/c1-14-5-6-17(11-15(14)2)13-19(3,20)12-16-7-9-18(21-4)10-8-16/h5-11H,12-13,20H2,1-4H3. The van der Waals surface area contributed by atoms with Crippen LogP contribution in [-0.4, -0.2) is 12.6 Å². The Hall–Kier alpha value is -1.80. The maximum Gasteiger partial charge on any atom is 0.118 e. The molecule has 1 atom stereocenters. The van der Waals surface area contributed by atoms with Crippen LogP contribution in [0.1, 0.15) is 29.2 Å². The van der Waals surface area contributed by atoms with Gasteiger partial charge in [0.2, 0.25) is 0 Å². The van der Waals surface area contributed by atoms with E-state index in [0.717, 1.165) is 18.6 Å². The maximum atomic E-state index is 6.51. The highest BCUT2D eigenvalue weighted by atomic mass is 16.5. The number of rotatable bonds is 5. The van der Waals surface area contributed by atoms with Crippen molar-refractivity contribution in [2.24, 2.45) is 5.73 Å². The fourth-order valence-corrected chi connectivity index (χ4v) is 2.65. The maximum absolute atomic E-state index is 6.51. The second-order valence-corrected chi connectivity index (χ2v) is 6.27. The number of ether oxygens (including phenoxy) is 1. The molecule has 0 amide bonds. The van der Waals surface area contributed by atoms with E-state index in [1.807, 2.05) is 12.1 Å². The predicted octanol–water partition coefficient (Wildman–Crippen LogP) is 3.81. The van der Waals surface area contributed by atoms with Gasteiger partial charge in [0.15, 0.2) is 0 Å². The van der Waals surface area contributed by atoms with Crippen molar-refractivity contribution in [3.63, 3.8) is 0 Å². The Morgan fingerprint density at radius 2 is 1.48 bits per heavy atom. The molecule has 2 rings (SSSR count). The summed E-state index contributed by atoms with van der Waals surface area (Å²) in [5, 5.41) is 0. The lowest BCUT2D eigenvalue weighted by Crippen LogP contribution is -2.40. The van der Waals surface area contributed by atoms with Crippen molar-refractivity contribution in [2.75, 3.05) is 7.11 Å². The molecule has 0 aliphatic carbocycles. The molecule has 0 saturated heterocycles. The Kier molecular flexibility index (Phi) is 4.69. The molecule has 2 nitrogen and oxygen atoms in total. The third kappa shape index (κ3) is 4.33. The lowest BCUT2D eigenvalue weighted by molar-refractivity contribution is 0.414. The lowest BCUT2D eigenvalue weighted by Gasteiger charge is -2.25. The summed E-state index contributed by atoms with van der Waals surface area (Å²) in [7, 11) is 1.68. The molecular formula is C19H25NO. The zero-order valence-corrected chi connectivity index (χ0v) is 13.4. The zero-order valence-electron chi connectivity index (χ0n) is 13.4. The van der Waals surface area contributed by atoms with Crippen molar-refractivity contribution in [2.45, 2.75) is 39.2 Å². The molecule has 2 aromatic carbocycles. The molecule has 0 aliphatic heterocycles. The van der Waals surface area contributed by atoms with Gasteiger partial charge in [-0.2, -0.15) is 0 Å². The monoisotopic (exact) mass is 283 g/mol. The molecule has 2 heteroatoms. The van der Waals surface area contributed by atoms with Gasteiger partial charge in [0.25, 0.3) is 0 Å². The Morgan fingerprint density at radius 3 is 2.05 bits per heavy atom. The van der Waals surface area contributed by atoms with E-state index in [0.29, 0.717) is 0 Å². The van der Waals surface area contributed by atoms with Gasteiger partial charge in [-0.05, 0) is 68.0 Å². The van der Waals surface area contributed by atoms with Crippen LogP contribution in [0.3, 0.4) is 0 Å². The molecule has 0 aromatic heterocycles. The molecule has 21 heavy (non-hydrogen) atoms. The summed E-state index contributed by atoms with van der Waals surface area (Å²) in [5.74, 6) is 0.881. The fourth-order valence-electron chi connectivity index (χ4n) is 2.65. The molecule has 1 unspecified atom stereocenters. The van der Waals surface area contributed by atoms with Crippen molar-refractivity contribution in [1.29, 1.82) is 0 Å². The van der Waals surface area contributed by atoms with Crippen LogP contribution >= 0.6 is 0 Å². The van der Waals surface area contributed by atoms with Crippen molar-refractivity contribution in [3.05, 3.63) is 64.7 Å². The molecule has 0 saturated carbocycles. The Labute approximate surface area is 127 Å². The summed E-state index contributed by atoms with van der Waals surface area (Å²) in [4.78, 5) is 0. The van der Waals surface area contributed by atoms with Gasteiger partial charge in [-0.1, -0.05) is 30.3 Å². The van der Waals surface area contributed by atoms with Crippen LogP contribution in [0.25, 0.3) is 0 Å². The van der Waals surface area contributed by atoms with Crippen molar-refractivity contribution in [3.8, 4) is 5.75 Å². The molecule has 0 radical (unpaired) electrons. The number of benzene rings is 2. The van der Waals surface area contributed by atoms with Crippen molar-refractivity contribution < 1.29 is 4.74 Å². The first kappa shape index (κ1) is 15.6. The Morgan fingerprint density at radius 1 is 0.905 bits per heavy atom. The van der Waals surface area contributed by atoms with E-state index >= 15 is 0 Å². The van der Waals surface area contributed by atoms with Gasteiger partial charge < -0.3 is 10.5 Å². The van der Waals surface area contributed by atoms with Crippen LogP contribution in [0.5, 0.6) is 5.75 Å². The van der Waals surface area contributed by atoms with E-state index in [9.17, 15) is 0 Å². The average Bonchev–Trinajstić information content (AvgIpc) is 2.43. The highest BCUT2D eigenvalue weighted by Gasteiger charge is 2.20. The highest BCUT2D eigenvalue weighted by molar-refractivity contribution is 5.32.